The van der Waals surface area contributed by atoms with Gasteiger partial charge in [-0.25, -0.2) is 0 Å². The monoisotopic (exact) mass is 176 g/mol. The van der Waals surface area contributed by atoms with Crippen molar-refractivity contribution in [3.8, 4) is 0 Å². The van der Waals surface area contributed by atoms with Crippen LogP contribution in [0.25, 0.3) is 0 Å². The van der Waals surface area contributed by atoms with Gasteiger partial charge in [0.1, 0.15) is 0 Å². The lowest BCUT2D eigenvalue weighted by atomic mass is 9.91. The Hall–Kier alpha value is -1.35. The highest BCUT2D eigenvalue weighted by atomic mass is 16.1. The Morgan fingerprint density at radius 3 is 3.00 bits per heavy atom. The normalized spacial score (nSPS) is 20.7. The molecule has 3 N–H and O–H groups in total. The molecule has 68 valence electrons. The van der Waals surface area contributed by atoms with Crippen LogP contribution in [-0.4, -0.2) is 12.5 Å². The molecule has 0 aromatic heterocycles. The average molecular weight is 176 g/mol. The lowest BCUT2D eigenvalue weighted by Gasteiger charge is -2.23. The van der Waals surface area contributed by atoms with Crippen molar-refractivity contribution in [2.45, 2.75) is 12.3 Å². The number of para-hydroxylation sites is 1. The minimum absolute atomic E-state index is 0.0640. The molecule has 1 atom stereocenters. The minimum atomic E-state index is 0.0640. The first-order valence-corrected chi connectivity index (χ1v) is 4.40. The molecule has 0 unspecified atom stereocenters. The third kappa shape index (κ3) is 1.42. The predicted octanol–water partition coefficient (Wildman–Crippen LogP) is 1.07. The van der Waals surface area contributed by atoms with E-state index in [1.807, 2.05) is 24.3 Å². The summed E-state index contributed by atoms with van der Waals surface area (Å²) >= 11 is 0. The second-order valence-electron chi connectivity index (χ2n) is 3.27. The standard InChI is InChI=1S/C10H12N2O/c11-6-7-5-10(13)12-9-4-2-1-3-8(7)9/h1-4,7H,5-6,11H2,(H,12,13)/t7-/m0/s1. The maximum atomic E-state index is 11.2. The first kappa shape index (κ1) is 8.26. The number of hydrogen-bond acceptors (Lipinski definition) is 2. The van der Waals surface area contributed by atoms with Gasteiger partial charge in [0.05, 0.1) is 0 Å². The number of carbonyl (C=O) groups is 1. The fourth-order valence-corrected chi connectivity index (χ4v) is 1.71. The molecule has 1 amide bonds. The van der Waals surface area contributed by atoms with Crippen LogP contribution in [0.2, 0.25) is 0 Å². The van der Waals surface area contributed by atoms with Crippen LogP contribution in [0.1, 0.15) is 17.9 Å². The van der Waals surface area contributed by atoms with E-state index in [9.17, 15) is 4.79 Å². The zero-order valence-corrected chi connectivity index (χ0v) is 7.29. The molecule has 1 aromatic carbocycles. The van der Waals surface area contributed by atoms with Crippen LogP contribution in [-0.2, 0) is 4.79 Å². The number of anilines is 1. The van der Waals surface area contributed by atoms with Crippen molar-refractivity contribution in [2.24, 2.45) is 5.73 Å². The van der Waals surface area contributed by atoms with Gasteiger partial charge in [0.15, 0.2) is 0 Å². The van der Waals surface area contributed by atoms with Gasteiger partial charge in [-0.2, -0.15) is 0 Å². The fourth-order valence-electron chi connectivity index (χ4n) is 1.71. The molecule has 0 aliphatic carbocycles. The quantitative estimate of drug-likeness (QED) is 0.672. The van der Waals surface area contributed by atoms with E-state index in [0.29, 0.717) is 13.0 Å². The molecular formula is C10H12N2O. The molecule has 1 aliphatic rings. The zero-order valence-electron chi connectivity index (χ0n) is 7.29. The van der Waals surface area contributed by atoms with Crippen LogP contribution in [0, 0.1) is 0 Å². The molecule has 13 heavy (non-hydrogen) atoms. The van der Waals surface area contributed by atoms with Crippen molar-refractivity contribution in [3.63, 3.8) is 0 Å². The van der Waals surface area contributed by atoms with Crippen LogP contribution >= 0.6 is 0 Å². The number of amides is 1. The van der Waals surface area contributed by atoms with Crippen molar-refractivity contribution in [3.05, 3.63) is 29.8 Å². The number of carbonyl (C=O) groups excluding carboxylic acids is 1. The van der Waals surface area contributed by atoms with Gasteiger partial charge in [-0.15, -0.1) is 0 Å². The lowest BCUT2D eigenvalue weighted by molar-refractivity contribution is -0.116. The number of benzene rings is 1. The molecule has 1 heterocycles. The minimum Gasteiger partial charge on any atom is -0.330 e. The van der Waals surface area contributed by atoms with E-state index in [1.165, 1.54) is 0 Å². The maximum absolute atomic E-state index is 11.2. The highest BCUT2D eigenvalue weighted by Crippen LogP contribution is 2.30. The molecule has 0 fully saturated rings. The summed E-state index contributed by atoms with van der Waals surface area (Å²) in [6.07, 6.45) is 0.507. The van der Waals surface area contributed by atoms with E-state index in [2.05, 4.69) is 5.32 Å². The number of nitrogens with one attached hydrogen (secondary N) is 1. The Bertz CT molecular complexity index is 335. The molecule has 0 bridgehead atoms. The van der Waals surface area contributed by atoms with Gasteiger partial charge in [0, 0.05) is 18.0 Å². The molecule has 0 saturated heterocycles. The number of nitrogens with two attached hydrogens (primary N) is 1. The molecule has 2 rings (SSSR count). The summed E-state index contributed by atoms with van der Waals surface area (Å²) in [7, 11) is 0. The third-order valence-electron chi connectivity index (χ3n) is 2.39. The smallest absolute Gasteiger partial charge is 0.225 e. The summed E-state index contributed by atoms with van der Waals surface area (Å²) in [6.45, 7) is 0.532. The van der Waals surface area contributed by atoms with Crippen LogP contribution in [0.4, 0.5) is 5.69 Å². The summed E-state index contributed by atoms with van der Waals surface area (Å²) in [5.41, 5.74) is 7.67. The topological polar surface area (TPSA) is 55.1 Å². The van der Waals surface area contributed by atoms with Gasteiger partial charge in [0.2, 0.25) is 5.91 Å². The van der Waals surface area contributed by atoms with E-state index in [0.717, 1.165) is 11.3 Å². The Balaban J connectivity index is 2.42. The number of fused-ring (bicyclic) bond motifs is 1. The van der Waals surface area contributed by atoms with Gasteiger partial charge in [-0.1, -0.05) is 18.2 Å². The van der Waals surface area contributed by atoms with Gasteiger partial charge in [0.25, 0.3) is 0 Å². The Morgan fingerprint density at radius 2 is 2.23 bits per heavy atom. The van der Waals surface area contributed by atoms with Gasteiger partial charge >= 0.3 is 0 Å². The van der Waals surface area contributed by atoms with E-state index in [-0.39, 0.29) is 11.8 Å². The highest BCUT2D eigenvalue weighted by molar-refractivity contribution is 5.94. The van der Waals surface area contributed by atoms with Gasteiger partial charge in [-0.3, -0.25) is 4.79 Å². The van der Waals surface area contributed by atoms with Crippen LogP contribution in [0.15, 0.2) is 24.3 Å². The van der Waals surface area contributed by atoms with Crippen molar-refractivity contribution in [1.29, 1.82) is 0 Å². The molecule has 3 heteroatoms. The third-order valence-corrected chi connectivity index (χ3v) is 2.39. The van der Waals surface area contributed by atoms with E-state index < -0.39 is 0 Å². The molecule has 0 spiro atoms. The Labute approximate surface area is 76.9 Å². The SMILES string of the molecule is NC[C@@H]1CC(=O)Nc2ccccc21. The first-order chi connectivity index (χ1) is 6.31. The van der Waals surface area contributed by atoms with Crippen LogP contribution in [0.3, 0.4) is 0 Å². The molecule has 0 radical (unpaired) electrons. The number of hydrogen-bond donors (Lipinski definition) is 2. The summed E-state index contributed by atoms with van der Waals surface area (Å²) in [6, 6.07) is 7.82. The van der Waals surface area contributed by atoms with E-state index >= 15 is 0 Å². The van der Waals surface area contributed by atoms with E-state index in [1.54, 1.807) is 0 Å². The molecular weight excluding hydrogens is 164 g/mol. The summed E-state index contributed by atoms with van der Waals surface area (Å²) < 4.78 is 0. The first-order valence-electron chi connectivity index (χ1n) is 4.40. The molecule has 1 aliphatic heterocycles. The lowest BCUT2D eigenvalue weighted by Crippen LogP contribution is -2.26. The Morgan fingerprint density at radius 1 is 1.46 bits per heavy atom. The van der Waals surface area contributed by atoms with Crippen molar-refractivity contribution in [2.75, 3.05) is 11.9 Å². The van der Waals surface area contributed by atoms with Crippen LogP contribution < -0.4 is 11.1 Å². The average Bonchev–Trinajstić information content (AvgIpc) is 2.16. The fraction of sp³-hybridized carbons (Fsp3) is 0.300. The molecule has 1 aromatic rings. The molecule has 0 saturated carbocycles. The molecule has 3 nitrogen and oxygen atoms in total. The van der Waals surface area contributed by atoms with Gasteiger partial charge < -0.3 is 11.1 Å². The second kappa shape index (κ2) is 3.18. The van der Waals surface area contributed by atoms with Crippen molar-refractivity contribution < 1.29 is 4.79 Å². The maximum Gasteiger partial charge on any atom is 0.225 e. The second-order valence-corrected chi connectivity index (χ2v) is 3.27. The summed E-state index contributed by atoms with van der Waals surface area (Å²) in [5.74, 6) is 0.249. The van der Waals surface area contributed by atoms with Crippen molar-refractivity contribution in [1.82, 2.24) is 0 Å². The van der Waals surface area contributed by atoms with Crippen LogP contribution in [0.5, 0.6) is 0 Å². The summed E-state index contributed by atoms with van der Waals surface area (Å²) in [5, 5.41) is 2.83. The zero-order chi connectivity index (χ0) is 9.26. The summed E-state index contributed by atoms with van der Waals surface area (Å²) in [4.78, 5) is 11.2. The number of rotatable bonds is 1. The predicted molar refractivity (Wildman–Crippen MR) is 51.5 cm³/mol. The van der Waals surface area contributed by atoms with Crippen molar-refractivity contribution >= 4 is 11.6 Å². The highest BCUT2D eigenvalue weighted by Gasteiger charge is 2.22. The van der Waals surface area contributed by atoms with E-state index in [4.69, 9.17) is 5.73 Å². The Kier molecular flexibility index (Phi) is 2.02. The van der Waals surface area contributed by atoms with Gasteiger partial charge in [-0.05, 0) is 18.2 Å². The largest absolute Gasteiger partial charge is 0.330 e.